The zero-order valence-electron chi connectivity index (χ0n) is 17.5. The van der Waals surface area contributed by atoms with Gasteiger partial charge in [0.2, 0.25) is 10.0 Å². The lowest BCUT2D eigenvalue weighted by molar-refractivity contribution is -0.144. The standard InChI is InChI=1S/C21H24N2O7S/c1-15-9-10-17(31(27,28)22-12-16-7-5-4-6-8-16)11-18(15)21(26)23(13-19(24)29-2)14-20(25)30-3/h4-11,22H,12-14H2,1-3H3. The highest BCUT2D eigenvalue weighted by Gasteiger charge is 2.25. The number of nitrogens with zero attached hydrogens (tertiary/aromatic N) is 1. The highest BCUT2D eigenvalue weighted by molar-refractivity contribution is 7.89. The number of carbonyl (C=O) groups is 3. The Hall–Kier alpha value is -3.24. The van der Waals surface area contributed by atoms with E-state index in [1.54, 1.807) is 31.2 Å². The predicted octanol–water partition coefficient (Wildman–Crippen LogP) is 1.26. The molecule has 0 aliphatic rings. The fourth-order valence-electron chi connectivity index (χ4n) is 2.67. The molecule has 2 aromatic rings. The van der Waals surface area contributed by atoms with Gasteiger partial charge in [-0.15, -0.1) is 0 Å². The third kappa shape index (κ3) is 6.63. The van der Waals surface area contributed by atoms with Gasteiger partial charge in [0.25, 0.3) is 5.91 Å². The molecule has 0 radical (unpaired) electrons. The highest BCUT2D eigenvalue weighted by Crippen LogP contribution is 2.18. The molecule has 0 aliphatic carbocycles. The Morgan fingerprint density at radius 2 is 1.52 bits per heavy atom. The second-order valence-corrected chi connectivity index (χ2v) is 8.37. The molecule has 2 rings (SSSR count). The number of sulfonamides is 1. The van der Waals surface area contributed by atoms with E-state index in [4.69, 9.17) is 0 Å². The van der Waals surface area contributed by atoms with Crippen LogP contribution < -0.4 is 4.72 Å². The summed E-state index contributed by atoms with van der Waals surface area (Å²) >= 11 is 0. The van der Waals surface area contributed by atoms with E-state index in [1.807, 2.05) is 6.07 Å². The average Bonchev–Trinajstić information content (AvgIpc) is 2.77. The molecule has 0 saturated carbocycles. The Balaban J connectivity index is 2.31. The number of methoxy groups -OCH3 is 2. The van der Waals surface area contributed by atoms with Gasteiger partial charge in [0, 0.05) is 12.1 Å². The fourth-order valence-corrected chi connectivity index (χ4v) is 3.71. The van der Waals surface area contributed by atoms with Crippen LogP contribution in [-0.4, -0.2) is 58.5 Å². The molecule has 10 heteroatoms. The van der Waals surface area contributed by atoms with E-state index in [2.05, 4.69) is 14.2 Å². The van der Waals surface area contributed by atoms with Gasteiger partial charge in [-0.05, 0) is 30.2 Å². The molecule has 1 amide bonds. The van der Waals surface area contributed by atoms with Crippen molar-refractivity contribution < 1.29 is 32.3 Å². The van der Waals surface area contributed by atoms with Gasteiger partial charge in [-0.1, -0.05) is 36.4 Å². The van der Waals surface area contributed by atoms with Crippen molar-refractivity contribution in [1.29, 1.82) is 0 Å². The quantitative estimate of drug-likeness (QED) is 0.574. The van der Waals surface area contributed by atoms with E-state index in [1.165, 1.54) is 18.2 Å². The summed E-state index contributed by atoms with van der Waals surface area (Å²) in [5.74, 6) is -2.17. The Labute approximate surface area is 181 Å². The minimum absolute atomic E-state index is 0.0374. The molecule has 2 aromatic carbocycles. The number of nitrogens with one attached hydrogen (secondary N) is 1. The Bertz CT molecular complexity index is 1030. The molecule has 0 aromatic heterocycles. The van der Waals surface area contributed by atoms with Gasteiger partial charge in [-0.3, -0.25) is 14.4 Å². The first-order valence-electron chi connectivity index (χ1n) is 9.25. The summed E-state index contributed by atoms with van der Waals surface area (Å²) in [6.45, 7) is 0.715. The molecule has 1 N–H and O–H groups in total. The molecular weight excluding hydrogens is 424 g/mol. The van der Waals surface area contributed by atoms with Crippen molar-refractivity contribution in [3.63, 3.8) is 0 Å². The largest absolute Gasteiger partial charge is 0.468 e. The van der Waals surface area contributed by atoms with Crippen LogP contribution in [0.3, 0.4) is 0 Å². The minimum atomic E-state index is -3.92. The van der Waals surface area contributed by atoms with Crippen molar-refractivity contribution >= 4 is 27.9 Å². The molecular formula is C21H24N2O7S. The first kappa shape index (κ1) is 24.0. The summed E-state index contributed by atoms with van der Waals surface area (Å²) in [6.07, 6.45) is 0. The maximum absolute atomic E-state index is 13.0. The van der Waals surface area contributed by atoms with Crippen molar-refractivity contribution in [1.82, 2.24) is 9.62 Å². The number of rotatable bonds is 9. The predicted molar refractivity (Wildman–Crippen MR) is 112 cm³/mol. The number of benzene rings is 2. The number of esters is 2. The summed E-state index contributed by atoms with van der Waals surface area (Å²) in [4.78, 5) is 37.2. The Morgan fingerprint density at radius 3 is 2.06 bits per heavy atom. The van der Waals surface area contributed by atoms with Gasteiger partial charge in [-0.25, -0.2) is 13.1 Å². The molecule has 0 atom stereocenters. The van der Waals surface area contributed by atoms with Crippen molar-refractivity contribution in [2.75, 3.05) is 27.3 Å². The second kappa shape index (κ2) is 10.7. The number of amides is 1. The van der Waals surface area contributed by atoms with Crippen LogP contribution in [0.5, 0.6) is 0 Å². The number of hydrogen-bond donors (Lipinski definition) is 1. The minimum Gasteiger partial charge on any atom is -0.468 e. The lowest BCUT2D eigenvalue weighted by Crippen LogP contribution is -2.40. The molecule has 31 heavy (non-hydrogen) atoms. The van der Waals surface area contributed by atoms with Gasteiger partial charge in [-0.2, -0.15) is 0 Å². The first-order valence-corrected chi connectivity index (χ1v) is 10.7. The number of hydrogen-bond acceptors (Lipinski definition) is 7. The van der Waals surface area contributed by atoms with Gasteiger partial charge in [0.05, 0.1) is 19.1 Å². The SMILES string of the molecule is COC(=O)CN(CC(=O)OC)C(=O)c1cc(S(=O)(=O)NCc2ccccc2)ccc1C. The highest BCUT2D eigenvalue weighted by atomic mass is 32.2. The van der Waals surface area contributed by atoms with E-state index in [0.29, 0.717) is 5.56 Å². The van der Waals surface area contributed by atoms with Crippen LogP contribution in [0.25, 0.3) is 0 Å². The molecule has 0 spiro atoms. The lowest BCUT2D eigenvalue weighted by Gasteiger charge is -2.21. The summed E-state index contributed by atoms with van der Waals surface area (Å²) in [6, 6.07) is 13.1. The van der Waals surface area contributed by atoms with Crippen LogP contribution in [0.15, 0.2) is 53.4 Å². The van der Waals surface area contributed by atoms with E-state index < -0.39 is 41.0 Å². The first-order chi connectivity index (χ1) is 14.7. The van der Waals surface area contributed by atoms with Crippen molar-refractivity contribution in [3.8, 4) is 0 Å². The maximum atomic E-state index is 13.0. The molecule has 0 bridgehead atoms. The van der Waals surface area contributed by atoms with E-state index in [9.17, 15) is 22.8 Å². The zero-order chi connectivity index (χ0) is 23.0. The number of carbonyl (C=O) groups excluding carboxylic acids is 3. The van der Waals surface area contributed by atoms with Crippen molar-refractivity contribution in [2.45, 2.75) is 18.4 Å². The summed E-state index contributed by atoms with van der Waals surface area (Å²) in [7, 11) is -1.61. The maximum Gasteiger partial charge on any atom is 0.325 e. The van der Waals surface area contributed by atoms with Crippen LogP contribution in [0.1, 0.15) is 21.5 Å². The molecule has 166 valence electrons. The average molecular weight is 448 g/mol. The fraction of sp³-hybridized carbons (Fsp3) is 0.286. The van der Waals surface area contributed by atoms with Crippen LogP contribution >= 0.6 is 0 Å². The van der Waals surface area contributed by atoms with Crippen molar-refractivity contribution in [3.05, 3.63) is 65.2 Å². The van der Waals surface area contributed by atoms with Gasteiger partial charge < -0.3 is 14.4 Å². The monoisotopic (exact) mass is 448 g/mol. The molecule has 0 saturated heterocycles. The van der Waals surface area contributed by atoms with Crippen LogP contribution in [0.2, 0.25) is 0 Å². The Kier molecular flexibility index (Phi) is 8.29. The van der Waals surface area contributed by atoms with Crippen molar-refractivity contribution in [2.24, 2.45) is 0 Å². The lowest BCUT2D eigenvalue weighted by atomic mass is 10.1. The summed E-state index contributed by atoms with van der Waals surface area (Å²) in [5.41, 5.74) is 1.29. The topological polar surface area (TPSA) is 119 Å². The Morgan fingerprint density at radius 1 is 0.935 bits per heavy atom. The molecule has 0 heterocycles. The molecule has 0 aliphatic heterocycles. The third-order valence-electron chi connectivity index (χ3n) is 4.44. The molecule has 9 nitrogen and oxygen atoms in total. The van der Waals surface area contributed by atoms with Gasteiger partial charge in [0.15, 0.2) is 0 Å². The summed E-state index contributed by atoms with van der Waals surface area (Å²) in [5, 5.41) is 0. The van der Waals surface area contributed by atoms with E-state index in [-0.39, 0.29) is 17.0 Å². The smallest absolute Gasteiger partial charge is 0.325 e. The molecule has 0 unspecified atom stereocenters. The van der Waals surface area contributed by atoms with E-state index >= 15 is 0 Å². The van der Waals surface area contributed by atoms with Crippen LogP contribution in [-0.2, 0) is 35.6 Å². The normalized spacial score (nSPS) is 10.9. The third-order valence-corrected chi connectivity index (χ3v) is 5.84. The molecule has 0 fully saturated rings. The van der Waals surface area contributed by atoms with Crippen LogP contribution in [0, 0.1) is 6.92 Å². The van der Waals surface area contributed by atoms with Gasteiger partial charge >= 0.3 is 11.9 Å². The zero-order valence-corrected chi connectivity index (χ0v) is 18.3. The van der Waals surface area contributed by atoms with E-state index in [0.717, 1.165) is 24.7 Å². The van der Waals surface area contributed by atoms with Gasteiger partial charge in [0.1, 0.15) is 13.1 Å². The summed E-state index contributed by atoms with van der Waals surface area (Å²) < 4.78 is 37.1. The second-order valence-electron chi connectivity index (χ2n) is 6.60. The number of aryl methyl sites for hydroxylation is 1. The van der Waals surface area contributed by atoms with Crippen LogP contribution in [0.4, 0.5) is 0 Å². The number of ether oxygens (including phenoxy) is 2.